The van der Waals surface area contributed by atoms with Crippen molar-refractivity contribution in [1.29, 1.82) is 0 Å². The van der Waals surface area contributed by atoms with Gasteiger partial charge in [-0.1, -0.05) is 18.2 Å². The molecule has 1 atom stereocenters. The Labute approximate surface area is 148 Å². The standard InChI is InChI=1S/C16H22N2O5S2/c19-16(12-14-6-11-24(20,21)13-14)17-7-9-18(10-8-17)25(22,23)15-4-2-1-3-5-15/h1-5,14H,6-13H2/t14-/m0/s1. The highest BCUT2D eigenvalue weighted by atomic mass is 32.2. The van der Waals surface area contributed by atoms with E-state index in [-0.39, 0.29) is 47.7 Å². The Hall–Kier alpha value is -1.45. The Morgan fingerprint density at radius 1 is 1.08 bits per heavy atom. The summed E-state index contributed by atoms with van der Waals surface area (Å²) in [5.74, 6) is 0.0530. The van der Waals surface area contributed by atoms with Gasteiger partial charge in [-0.15, -0.1) is 0 Å². The molecular formula is C16H22N2O5S2. The topological polar surface area (TPSA) is 91.8 Å². The van der Waals surface area contributed by atoms with E-state index in [4.69, 9.17) is 0 Å². The Morgan fingerprint density at radius 3 is 2.28 bits per heavy atom. The molecule has 0 radical (unpaired) electrons. The summed E-state index contributed by atoms with van der Waals surface area (Å²) < 4.78 is 49.5. The van der Waals surface area contributed by atoms with E-state index in [9.17, 15) is 21.6 Å². The number of hydrogen-bond donors (Lipinski definition) is 0. The van der Waals surface area contributed by atoms with E-state index in [2.05, 4.69) is 0 Å². The highest BCUT2D eigenvalue weighted by Gasteiger charge is 2.33. The third kappa shape index (κ3) is 4.21. The van der Waals surface area contributed by atoms with Crippen molar-refractivity contribution in [3.63, 3.8) is 0 Å². The average Bonchev–Trinajstić information content (AvgIpc) is 2.94. The zero-order chi connectivity index (χ0) is 18.1. The minimum atomic E-state index is -3.53. The molecule has 1 amide bonds. The fourth-order valence-electron chi connectivity index (χ4n) is 3.33. The fraction of sp³-hybridized carbons (Fsp3) is 0.562. The zero-order valence-corrected chi connectivity index (χ0v) is 15.5. The SMILES string of the molecule is O=C(C[C@@H]1CCS(=O)(=O)C1)N1CCN(S(=O)(=O)c2ccccc2)CC1. The number of carbonyl (C=O) groups is 1. The van der Waals surface area contributed by atoms with E-state index in [0.717, 1.165) is 0 Å². The predicted molar refractivity (Wildman–Crippen MR) is 93.2 cm³/mol. The highest BCUT2D eigenvalue weighted by molar-refractivity contribution is 7.91. The second kappa shape index (κ2) is 7.05. The van der Waals surface area contributed by atoms with Gasteiger partial charge in [0.1, 0.15) is 0 Å². The van der Waals surface area contributed by atoms with Crippen LogP contribution in [0, 0.1) is 5.92 Å². The van der Waals surface area contributed by atoms with E-state index in [1.165, 1.54) is 4.31 Å². The molecule has 0 saturated carbocycles. The third-order valence-electron chi connectivity index (χ3n) is 4.76. The van der Waals surface area contributed by atoms with Crippen molar-refractivity contribution < 1.29 is 21.6 Å². The number of benzene rings is 1. The fourth-order valence-corrected chi connectivity index (χ4v) is 6.63. The first-order valence-electron chi connectivity index (χ1n) is 8.31. The second-order valence-electron chi connectivity index (χ2n) is 6.57. The zero-order valence-electron chi connectivity index (χ0n) is 13.9. The molecule has 2 fully saturated rings. The highest BCUT2D eigenvalue weighted by Crippen LogP contribution is 2.23. The molecular weight excluding hydrogens is 364 g/mol. The lowest BCUT2D eigenvalue weighted by atomic mass is 10.0. The first-order valence-corrected chi connectivity index (χ1v) is 11.6. The maximum atomic E-state index is 12.6. The molecule has 1 aromatic rings. The van der Waals surface area contributed by atoms with Crippen LogP contribution < -0.4 is 0 Å². The minimum Gasteiger partial charge on any atom is -0.340 e. The number of carbonyl (C=O) groups excluding carboxylic acids is 1. The Balaban J connectivity index is 1.56. The van der Waals surface area contributed by atoms with Crippen molar-refractivity contribution in [2.24, 2.45) is 5.92 Å². The summed E-state index contributed by atoms with van der Waals surface area (Å²) in [5.41, 5.74) is 0. The van der Waals surface area contributed by atoms with Crippen LogP contribution in [0.4, 0.5) is 0 Å². The summed E-state index contributed by atoms with van der Waals surface area (Å²) in [6.07, 6.45) is 0.765. The van der Waals surface area contributed by atoms with Gasteiger partial charge in [0.25, 0.3) is 0 Å². The van der Waals surface area contributed by atoms with Crippen LogP contribution in [-0.4, -0.2) is 69.6 Å². The van der Waals surface area contributed by atoms with Gasteiger partial charge in [0.2, 0.25) is 15.9 Å². The normalized spacial score (nSPS) is 24.3. The van der Waals surface area contributed by atoms with Gasteiger partial charge in [0.15, 0.2) is 9.84 Å². The second-order valence-corrected chi connectivity index (χ2v) is 10.7. The molecule has 0 aromatic heterocycles. The molecule has 1 aromatic carbocycles. The number of piperazine rings is 1. The van der Waals surface area contributed by atoms with Crippen LogP contribution in [0.5, 0.6) is 0 Å². The van der Waals surface area contributed by atoms with Crippen LogP contribution in [-0.2, 0) is 24.7 Å². The van der Waals surface area contributed by atoms with E-state index < -0.39 is 19.9 Å². The molecule has 2 heterocycles. The third-order valence-corrected chi connectivity index (χ3v) is 8.51. The summed E-state index contributed by atoms with van der Waals surface area (Å²) in [5, 5.41) is 0. The number of sulfonamides is 1. The lowest BCUT2D eigenvalue weighted by molar-refractivity contribution is -0.133. The van der Waals surface area contributed by atoms with Crippen LogP contribution in [0.3, 0.4) is 0 Å². The molecule has 3 rings (SSSR count). The molecule has 138 valence electrons. The molecule has 0 aliphatic carbocycles. The van der Waals surface area contributed by atoms with Crippen molar-refractivity contribution in [1.82, 2.24) is 9.21 Å². The van der Waals surface area contributed by atoms with Gasteiger partial charge in [-0.2, -0.15) is 4.31 Å². The molecule has 0 N–H and O–H groups in total. The van der Waals surface area contributed by atoms with Gasteiger partial charge >= 0.3 is 0 Å². The maximum absolute atomic E-state index is 12.6. The molecule has 0 unspecified atom stereocenters. The number of hydrogen-bond acceptors (Lipinski definition) is 5. The van der Waals surface area contributed by atoms with E-state index in [0.29, 0.717) is 19.5 Å². The first kappa shape index (κ1) is 18.3. The predicted octanol–water partition coefficient (Wildman–Crippen LogP) is 0.344. The summed E-state index contributed by atoms with van der Waals surface area (Å²) in [4.78, 5) is 14.3. The summed E-state index contributed by atoms with van der Waals surface area (Å²) in [7, 11) is -6.52. The van der Waals surface area contributed by atoms with Crippen LogP contribution in [0.25, 0.3) is 0 Å². The number of rotatable bonds is 4. The van der Waals surface area contributed by atoms with E-state index in [1.54, 1.807) is 35.2 Å². The van der Waals surface area contributed by atoms with Gasteiger partial charge < -0.3 is 4.90 Å². The van der Waals surface area contributed by atoms with Crippen LogP contribution in [0.15, 0.2) is 35.2 Å². The van der Waals surface area contributed by atoms with Crippen LogP contribution >= 0.6 is 0 Å². The van der Waals surface area contributed by atoms with Crippen LogP contribution in [0.1, 0.15) is 12.8 Å². The molecule has 2 aliphatic heterocycles. The largest absolute Gasteiger partial charge is 0.340 e. The van der Waals surface area contributed by atoms with Gasteiger partial charge in [-0.3, -0.25) is 4.79 Å². The summed E-state index contributed by atoms with van der Waals surface area (Å²) >= 11 is 0. The molecule has 2 saturated heterocycles. The van der Waals surface area contributed by atoms with E-state index >= 15 is 0 Å². The molecule has 2 aliphatic rings. The van der Waals surface area contributed by atoms with Crippen molar-refractivity contribution in [3.05, 3.63) is 30.3 Å². The summed E-state index contributed by atoms with van der Waals surface area (Å²) in [6, 6.07) is 8.25. The van der Waals surface area contributed by atoms with Crippen molar-refractivity contribution in [2.45, 2.75) is 17.7 Å². The van der Waals surface area contributed by atoms with Gasteiger partial charge in [-0.25, -0.2) is 16.8 Å². The van der Waals surface area contributed by atoms with Crippen LogP contribution in [0.2, 0.25) is 0 Å². The number of amides is 1. The van der Waals surface area contributed by atoms with Gasteiger partial charge in [-0.05, 0) is 24.5 Å². The number of nitrogens with zero attached hydrogens (tertiary/aromatic N) is 2. The maximum Gasteiger partial charge on any atom is 0.243 e. The number of sulfone groups is 1. The first-order chi connectivity index (χ1) is 11.8. The molecule has 25 heavy (non-hydrogen) atoms. The van der Waals surface area contributed by atoms with E-state index in [1.807, 2.05) is 0 Å². The van der Waals surface area contributed by atoms with Crippen molar-refractivity contribution in [3.8, 4) is 0 Å². The molecule has 7 nitrogen and oxygen atoms in total. The Morgan fingerprint density at radius 2 is 1.72 bits per heavy atom. The lowest BCUT2D eigenvalue weighted by Gasteiger charge is -2.34. The monoisotopic (exact) mass is 386 g/mol. The van der Waals surface area contributed by atoms with Crippen molar-refractivity contribution in [2.75, 3.05) is 37.7 Å². The quantitative estimate of drug-likeness (QED) is 0.744. The molecule has 0 bridgehead atoms. The van der Waals surface area contributed by atoms with Crippen molar-refractivity contribution >= 4 is 25.8 Å². The summed E-state index contributed by atoms with van der Waals surface area (Å²) in [6.45, 7) is 1.19. The average molecular weight is 386 g/mol. The van der Waals surface area contributed by atoms with Gasteiger partial charge in [0.05, 0.1) is 16.4 Å². The van der Waals surface area contributed by atoms with Gasteiger partial charge in [0, 0.05) is 32.6 Å². The smallest absolute Gasteiger partial charge is 0.243 e. The molecule has 0 spiro atoms. The Kier molecular flexibility index (Phi) is 5.17. The Bertz CT molecular complexity index is 829. The minimum absolute atomic E-state index is 0.0844. The molecule has 9 heteroatoms. The lowest BCUT2D eigenvalue weighted by Crippen LogP contribution is -2.50.